The van der Waals surface area contributed by atoms with Gasteiger partial charge >= 0.3 is 194 Å². The van der Waals surface area contributed by atoms with E-state index in [2.05, 4.69) is 48.4 Å². The van der Waals surface area contributed by atoms with Crippen LogP contribution in [-0.4, -0.2) is 37.2 Å². The molecule has 1 aromatic carbocycles. The normalized spacial score (nSPS) is 13.5. The van der Waals surface area contributed by atoms with E-state index in [1.807, 2.05) is 26.8 Å². The summed E-state index contributed by atoms with van der Waals surface area (Å²) in [5, 5.41) is -2.07. The quantitative estimate of drug-likeness (QED) is 0.200. The molecule has 0 fully saturated rings. The number of halogens is 1. The Labute approximate surface area is 193 Å². The molecule has 1 rings (SSSR count). The minimum absolute atomic E-state index is 0.329. The first-order valence-corrected chi connectivity index (χ1v) is 16.6. The first-order chi connectivity index (χ1) is 14.0. The number of carbonyl (C=O) groups excluding carboxylic acids is 1. The zero-order valence-electron chi connectivity index (χ0n) is 20.4. The average Bonchev–Trinajstić information content (AvgIpc) is 2.68. The van der Waals surface area contributed by atoms with Crippen LogP contribution in [0.15, 0.2) is 18.2 Å². The number of unbranched alkanes of at least 4 members (excludes halogenated alkanes) is 3. The Kier molecular flexibility index (Phi) is 10.8. The van der Waals surface area contributed by atoms with Gasteiger partial charge in [0, 0.05) is 0 Å². The van der Waals surface area contributed by atoms with Crippen LogP contribution in [0, 0.1) is 0 Å². The van der Waals surface area contributed by atoms with Crippen LogP contribution in [-0.2, 0) is 10.9 Å². The second-order valence-electron chi connectivity index (χ2n) is 9.75. The molecule has 0 heterocycles. The molecule has 0 aliphatic carbocycles. The second kappa shape index (κ2) is 11.9. The van der Waals surface area contributed by atoms with Gasteiger partial charge in [-0.15, -0.1) is 0 Å². The van der Waals surface area contributed by atoms with Gasteiger partial charge in [0.2, 0.25) is 0 Å². The van der Waals surface area contributed by atoms with Crippen LogP contribution in [0.3, 0.4) is 0 Å². The summed E-state index contributed by atoms with van der Waals surface area (Å²) in [7, 11) is 1.63. The molecule has 174 valence electrons. The molecule has 0 spiro atoms. The van der Waals surface area contributed by atoms with Crippen LogP contribution in [0.25, 0.3) is 0 Å². The van der Waals surface area contributed by atoms with Crippen molar-refractivity contribution in [3.8, 4) is 5.75 Å². The van der Waals surface area contributed by atoms with Gasteiger partial charge in [-0.25, -0.2) is 0 Å². The Morgan fingerprint density at radius 3 is 1.87 bits per heavy atom. The van der Waals surface area contributed by atoms with Gasteiger partial charge in [0.1, 0.15) is 0 Å². The van der Waals surface area contributed by atoms with Gasteiger partial charge < -0.3 is 0 Å². The third-order valence-electron chi connectivity index (χ3n) is 5.67. The van der Waals surface area contributed by atoms with Crippen molar-refractivity contribution in [1.29, 1.82) is 0 Å². The van der Waals surface area contributed by atoms with Crippen molar-refractivity contribution < 1.29 is 14.3 Å². The molecular weight excluding hydrogens is 459 g/mol. The van der Waals surface area contributed by atoms with Crippen molar-refractivity contribution >= 4 is 26.8 Å². The Hall–Kier alpha value is -0.600. The van der Waals surface area contributed by atoms with E-state index in [9.17, 15) is 4.79 Å². The molecule has 0 bridgehead atoms. The number of esters is 1. The van der Waals surface area contributed by atoms with E-state index < -0.39 is 10.9 Å². The number of hydrogen-bond donors (Lipinski definition) is 0. The summed E-state index contributed by atoms with van der Waals surface area (Å²) in [5.41, 5.74) is 1.24. The molecule has 0 saturated carbocycles. The van der Waals surface area contributed by atoms with E-state index >= 15 is 0 Å². The maximum atomic E-state index is 12.6. The number of ether oxygens (including phenoxy) is 2. The van der Waals surface area contributed by atoms with Gasteiger partial charge in [-0.05, 0) is 0 Å². The molecule has 0 saturated heterocycles. The van der Waals surface area contributed by atoms with E-state index in [-0.39, 0.29) is 5.97 Å². The van der Waals surface area contributed by atoms with Crippen LogP contribution in [0.5, 0.6) is 5.75 Å². The van der Waals surface area contributed by atoms with Gasteiger partial charge in [0.15, 0.2) is 0 Å². The summed E-state index contributed by atoms with van der Waals surface area (Å²) in [6, 6.07) is 6.05. The Balaban J connectivity index is 3.29. The predicted molar refractivity (Wildman–Crippen MR) is 137 cm³/mol. The summed E-state index contributed by atoms with van der Waals surface area (Å²) < 4.78 is 11.2. The van der Waals surface area contributed by atoms with Gasteiger partial charge in [-0.1, -0.05) is 0 Å². The fourth-order valence-electron chi connectivity index (χ4n) is 4.02. The molecule has 0 radical (unpaired) electrons. The number of benzene rings is 1. The molecule has 0 atom stereocenters. The first-order valence-electron chi connectivity index (χ1n) is 11.6. The minimum atomic E-state index is -2.07. The zero-order chi connectivity index (χ0) is 22.9. The summed E-state index contributed by atoms with van der Waals surface area (Å²) in [4.78, 5) is 12.6. The zero-order valence-corrected chi connectivity index (χ0v) is 22.8. The summed E-state index contributed by atoms with van der Waals surface area (Å²) in [6.07, 6.45) is 12.4. The summed E-state index contributed by atoms with van der Waals surface area (Å²) >= 11 is 4.46. The number of rotatable bonds is 13. The molecule has 0 unspecified atom stereocenters. The van der Waals surface area contributed by atoms with Gasteiger partial charge in [-0.2, -0.15) is 0 Å². The fourth-order valence-corrected chi connectivity index (χ4v) is 12.7. The summed E-state index contributed by atoms with van der Waals surface area (Å²) in [6.45, 7) is 12.5. The predicted octanol–water partition coefficient (Wildman–Crippen LogP) is 8.41. The Morgan fingerprint density at radius 1 is 0.967 bits per heavy atom. The molecular formula is C25H44BrO3P. The van der Waals surface area contributed by atoms with Crippen LogP contribution in [0.2, 0.25) is 0 Å². The van der Waals surface area contributed by atoms with Crippen molar-refractivity contribution in [2.24, 2.45) is 0 Å². The maximum absolute atomic E-state index is 12.6. The summed E-state index contributed by atoms with van der Waals surface area (Å²) in [5.74, 6) is 0.283. The first kappa shape index (κ1) is 27.4. The molecule has 0 aromatic heterocycles. The Bertz CT molecular complexity index is 657. The Morgan fingerprint density at radius 2 is 1.47 bits per heavy atom. The molecule has 1 aromatic rings. The van der Waals surface area contributed by atoms with Crippen molar-refractivity contribution in [2.45, 2.75) is 91.8 Å². The standard InChI is InChI=1S/C25H44BrO3P/c1-8-11-16-30(26,17-12-9-2,18-13-10-3)20-21-14-15-22(23(19-21)28-7)24(27)29-25(4,5)6/h14-15,19H,8-13,16-18,20H2,1-7H3. The van der Waals surface area contributed by atoms with Gasteiger partial charge in [0.05, 0.1) is 0 Å². The molecule has 3 nitrogen and oxygen atoms in total. The van der Waals surface area contributed by atoms with E-state index in [4.69, 9.17) is 9.47 Å². The van der Waals surface area contributed by atoms with E-state index in [0.717, 1.165) is 6.16 Å². The topological polar surface area (TPSA) is 35.5 Å². The molecule has 0 aliphatic heterocycles. The SMILES string of the molecule is CCCCP(Br)(CCCC)(CCCC)Cc1ccc(C(=O)OC(C)(C)C)c(OC)c1. The van der Waals surface area contributed by atoms with Crippen molar-refractivity contribution in [3.63, 3.8) is 0 Å². The van der Waals surface area contributed by atoms with Crippen LogP contribution in [0.4, 0.5) is 0 Å². The fraction of sp³-hybridized carbons (Fsp3) is 0.720. The third-order valence-corrected chi connectivity index (χ3v) is 15.1. The van der Waals surface area contributed by atoms with Crippen molar-refractivity contribution in [1.82, 2.24) is 0 Å². The van der Waals surface area contributed by atoms with E-state index in [1.54, 1.807) is 7.11 Å². The molecule has 30 heavy (non-hydrogen) atoms. The van der Waals surface area contributed by atoms with Crippen LogP contribution in [0.1, 0.15) is 96.0 Å². The van der Waals surface area contributed by atoms with Gasteiger partial charge in [0.25, 0.3) is 0 Å². The van der Waals surface area contributed by atoms with Crippen molar-refractivity contribution in [2.75, 3.05) is 25.6 Å². The number of carbonyl (C=O) groups is 1. The monoisotopic (exact) mass is 502 g/mol. The van der Waals surface area contributed by atoms with E-state index in [1.165, 1.54) is 62.6 Å². The van der Waals surface area contributed by atoms with Crippen LogP contribution >= 0.6 is 20.8 Å². The number of hydrogen-bond acceptors (Lipinski definition) is 3. The molecule has 5 heteroatoms. The molecule has 0 amide bonds. The average molecular weight is 504 g/mol. The van der Waals surface area contributed by atoms with E-state index in [0.29, 0.717) is 11.3 Å². The molecule has 0 N–H and O–H groups in total. The second-order valence-corrected chi connectivity index (χ2v) is 21.1. The number of methoxy groups -OCH3 is 1. The van der Waals surface area contributed by atoms with Crippen molar-refractivity contribution in [3.05, 3.63) is 29.3 Å². The molecule has 0 aliphatic rings. The van der Waals surface area contributed by atoms with Crippen LogP contribution < -0.4 is 4.74 Å². The third kappa shape index (κ3) is 8.50. The van der Waals surface area contributed by atoms with Gasteiger partial charge in [-0.3, -0.25) is 0 Å².